The first kappa shape index (κ1) is 24.0. The Bertz CT molecular complexity index is 1560. The fourth-order valence-corrected chi connectivity index (χ4v) is 5.30. The van der Waals surface area contributed by atoms with Crippen LogP contribution in [0.1, 0.15) is 45.0 Å². The van der Waals surface area contributed by atoms with Crippen LogP contribution in [0.25, 0.3) is 22.1 Å². The van der Waals surface area contributed by atoms with Crippen molar-refractivity contribution in [3.63, 3.8) is 0 Å². The first-order valence-electron chi connectivity index (χ1n) is 12.5. The van der Waals surface area contributed by atoms with E-state index < -0.39 is 0 Å². The molecule has 0 bridgehead atoms. The van der Waals surface area contributed by atoms with Crippen molar-refractivity contribution in [1.29, 1.82) is 0 Å². The van der Waals surface area contributed by atoms with Gasteiger partial charge >= 0.3 is 0 Å². The van der Waals surface area contributed by atoms with E-state index in [1.165, 1.54) is 5.56 Å². The van der Waals surface area contributed by atoms with Gasteiger partial charge in [-0.15, -0.1) is 5.92 Å². The summed E-state index contributed by atoms with van der Waals surface area (Å²) in [7, 11) is 1.80. The Morgan fingerprint density at radius 2 is 1.94 bits per heavy atom. The van der Waals surface area contributed by atoms with Crippen LogP contribution in [0.4, 0.5) is 5.69 Å². The Morgan fingerprint density at radius 1 is 1.14 bits per heavy atom. The van der Waals surface area contributed by atoms with Crippen molar-refractivity contribution in [3.05, 3.63) is 58.3 Å². The molecule has 3 aromatic heterocycles. The van der Waals surface area contributed by atoms with Crippen molar-refractivity contribution in [3.8, 4) is 11.8 Å². The second-order valence-electron chi connectivity index (χ2n) is 9.90. The number of piperazine rings is 1. The van der Waals surface area contributed by atoms with Gasteiger partial charge in [-0.25, -0.2) is 4.98 Å². The summed E-state index contributed by atoms with van der Waals surface area (Å²) in [5.74, 6) is 5.97. The van der Waals surface area contributed by atoms with Crippen molar-refractivity contribution in [1.82, 2.24) is 29.2 Å². The number of rotatable bonds is 4. The van der Waals surface area contributed by atoms with E-state index in [0.29, 0.717) is 6.54 Å². The number of anilines is 1. The molecular weight excluding hydrogens is 450 g/mol. The van der Waals surface area contributed by atoms with E-state index in [1.54, 1.807) is 17.7 Å². The molecule has 1 aliphatic rings. The molecule has 0 N–H and O–H groups in total. The molecule has 8 heteroatoms. The van der Waals surface area contributed by atoms with Gasteiger partial charge in [0.2, 0.25) is 0 Å². The number of nitrogens with zero attached hydrogens (tertiary/aromatic N) is 7. The maximum atomic E-state index is 12.8. The fourth-order valence-electron chi connectivity index (χ4n) is 5.30. The van der Waals surface area contributed by atoms with Crippen molar-refractivity contribution in [2.24, 2.45) is 7.05 Å². The first-order valence-corrected chi connectivity index (χ1v) is 12.5. The van der Waals surface area contributed by atoms with E-state index in [4.69, 9.17) is 5.10 Å². The Labute approximate surface area is 211 Å². The molecule has 4 aromatic rings. The number of pyridine rings is 1. The minimum Gasteiger partial charge on any atom is -0.364 e. The van der Waals surface area contributed by atoms with Gasteiger partial charge in [0.05, 0.1) is 34.1 Å². The molecule has 3 atom stereocenters. The first-order chi connectivity index (χ1) is 17.3. The van der Waals surface area contributed by atoms with E-state index >= 15 is 0 Å². The summed E-state index contributed by atoms with van der Waals surface area (Å²) in [5.41, 5.74) is 6.57. The Morgan fingerprint density at radius 3 is 2.72 bits per heavy atom. The van der Waals surface area contributed by atoms with Crippen LogP contribution in [-0.2, 0) is 13.6 Å². The highest BCUT2D eigenvalue weighted by atomic mass is 16.1. The number of fused-ring (bicyclic) bond motifs is 2. The van der Waals surface area contributed by atoms with Crippen molar-refractivity contribution >= 4 is 27.8 Å². The number of aromatic nitrogens is 5. The maximum Gasteiger partial charge on any atom is 0.252 e. The average molecular weight is 484 g/mol. The topological polar surface area (TPSA) is 72.1 Å². The van der Waals surface area contributed by atoms with Gasteiger partial charge in [0.1, 0.15) is 12.1 Å². The molecule has 36 heavy (non-hydrogen) atoms. The zero-order chi connectivity index (χ0) is 25.6. The SMILES string of the molecule is CC#CCn1cc2c(n1)c(N1C[C@@H](C)N([C@@H](C)c3ccc4ncc(C)nc4c3)C[C@@H]1C)cc(=O)n2C. The van der Waals surface area contributed by atoms with Crippen LogP contribution in [0, 0.1) is 18.8 Å². The van der Waals surface area contributed by atoms with Crippen molar-refractivity contribution < 1.29 is 0 Å². The number of hydrogen-bond donors (Lipinski definition) is 0. The van der Waals surface area contributed by atoms with Crippen LogP contribution in [0.3, 0.4) is 0 Å². The summed E-state index contributed by atoms with van der Waals surface area (Å²) in [6.07, 6.45) is 3.73. The van der Waals surface area contributed by atoms with Crippen molar-refractivity contribution in [2.75, 3.05) is 18.0 Å². The monoisotopic (exact) mass is 483 g/mol. The Hall–Kier alpha value is -3.70. The summed E-state index contributed by atoms with van der Waals surface area (Å²) in [6.45, 7) is 12.7. The minimum absolute atomic E-state index is 0.0261. The van der Waals surface area contributed by atoms with Gasteiger partial charge in [-0.2, -0.15) is 5.10 Å². The van der Waals surface area contributed by atoms with E-state index in [2.05, 4.69) is 70.6 Å². The molecule has 1 fully saturated rings. The standard InChI is InChI=1S/C28H33N7O/c1-7-8-11-33-17-26-28(31-33)25(13-27(36)32(26)6)35-16-19(3)34(15-20(35)4)21(5)22-9-10-23-24(12-22)30-18(2)14-29-23/h9-10,12-14,17,19-21H,11,15-16H2,1-6H3/t19-,20+,21+/m1/s1. The predicted octanol–water partition coefficient (Wildman–Crippen LogP) is 3.67. The predicted molar refractivity (Wildman–Crippen MR) is 144 cm³/mol. The lowest BCUT2D eigenvalue weighted by molar-refractivity contribution is 0.119. The second-order valence-corrected chi connectivity index (χ2v) is 9.90. The summed E-state index contributed by atoms with van der Waals surface area (Å²) in [5, 5.41) is 4.81. The molecule has 0 aliphatic carbocycles. The van der Waals surface area contributed by atoms with Crippen LogP contribution >= 0.6 is 0 Å². The van der Waals surface area contributed by atoms with Gasteiger partial charge in [0.15, 0.2) is 0 Å². The third-order valence-electron chi connectivity index (χ3n) is 7.37. The quantitative estimate of drug-likeness (QED) is 0.413. The van der Waals surface area contributed by atoms with Crippen LogP contribution in [0.15, 0.2) is 41.5 Å². The number of benzene rings is 1. The summed E-state index contributed by atoms with van der Waals surface area (Å²) >= 11 is 0. The van der Waals surface area contributed by atoms with E-state index in [1.807, 2.05) is 30.9 Å². The smallest absolute Gasteiger partial charge is 0.252 e. The van der Waals surface area contributed by atoms with Crippen LogP contribution in [0.5, 0.6) is 0 Å². The van der Waals surface area contributed by atoms with Gasteiger partial charge in [-0.3, -0.25) is 19.4 Å². The highest BCUT2D eigenvalue weighted by Gasteiger charge is 2.34. The van der Waals surface area contributed by atoms with E-state index in [-0.39, 0.29) is 23.7 Å². The normalized spacial score (nSPS) is 19.4. The molecule has 1 aliphatic heterocycles. The highest BCUT2D eigenvalue weighted by Crippen LogP contribution is 2.33. The molecule has 0 amide bonds. The van der Waals surface area contributed by atoms with Crippen LogP contribution in [0.2, 0.25) is 0 Å². The summed E-state index contributed by atoms with van der Waals surface area (Å²) in [4.78, 5) is 26.9. The number of hydrogen-bond acceptors (Lipinski definition) is 6. The second kappa shape index (κ2) is 9.40. The van der Waals surface area contributed by atoms with Crippen molar-refractivity contribution in [2.45, 2.75) is 59.3 Å². The molecule has 1 aromatic carbocycles. The number of aryl methyl sites for hydroxylation is 2. The lowest BCUT2D eigenvalue weighted by Crippen LogP contribution is -2.57. The molecule has 186 valence electrons. The molecule has 0 unspecified atom stereocenters. The largest absolute Gasteiger partial charge is 0.364 e. The van der Waals surface area contributed by atoms with Gasteiger partial charge in [0.25, 0.3) is 5.56 Å². The van der Waals surface area contributed by atoms with Crippen LogP contribution < -0.4 is 10.5 Å². The fraction of sp³-hybridized carbons (Fsp3) is 0.429. The average Bonchev–Trinajstić information content (AvgIpc) is 3.30. The zero-order valence-corrected chi connectivity index (χ0v) is 21.9. The van der Waals surface area contributed by atoms with E-state index in [9.17, 15) is 4.79 Å². The third kappa shape index (κ3) is 4.24. The molecule has 8 nitrogen and oxygen atoms in total. The van der Waals surface area contributed by atoms with Gasteiger partial charge in [0, 0.05) is 50.5 Å². The lowest BCUT2D eigenvalue weighted by Gasteiger charge is -2.47. The van der Waals surface area contributed by atoms with E-state index in [0.717, 1.165) is 46.5 Å². The molecular formula is C28H33N7O. The van der Waals surface area contributed by atoms with Gasteiger partial charge in [-0.1, -0.05) is 12.0 Å². The molecule has 4 heterocycles. The molecule has 1 saturated heterocycles. The van der Waals surface area contributed by atoms with Crippen LogP contribution in [-0.4, -0.2) is 54.4 Å². The molecule has 0 saturated carbocycles. The molecule has 5 rings (SSSR count). The summed E-state index contributed by atoms with van der Waals surface area (Å²) < 4.78 is 3.49. The Balaban J connectivity index is 1.45. The van der Waals surface area contributed by atoms with Gasteiger partial charge < -0.3 is 9.47 Å². The minimum atomic E-state index is -0.0261. The summed E-state index contributed by atoms with van der Waals surface area (Å²) in [6, 6.07) is 8.85. The lowest BCUT2D eigenvalue weighted by atomic mass is 9.99. The zero-order valence-electron chi connectivity index (χ0n) is 21.9. The Kier molecular flexibility index (Phi) is 6.27. The molecule has 0 radical (unpaired) electrons. The van der Waals surface area contributed by atoms with Gasteiger partial charge in [-0.05, 0) is 52.3 Å². The molecule has 0 spiro atoms. The third-order valence-corrected chi connectivity index (χ3v) is 7.37. The highest BCUT2D eigenvalue weighted by molar-refractivity contribution is 5.88. The maximum absolute atomic E-state index is 12.8.